The number of fused-ring (bicyclic) bond motifs is 1. The average molecular weight is 422 g/mol. The number of carbonyl (C=O) groups is 1. The zero-order chi connectivity index (χ0) is 21.1. The Kier molecular flexibility index (Phi) is 5.72. The number of aryl methyl sites for hydroxylation is 1. The van der Waals surface area contributed by atoms with Gasteiger partial charge in [0.2, 0.25) is 5.91 Å². The van der Waals surface area contributed by atoms with Gasteiger partial charge in [-0.25, -0.2) is 9.37 Å². The highest BCUT2D eigenvalue weighted by atomic mass is 32.1. The van der Waals surface area contributed by atoms with E-state index in [-0.39, 0.29) is 18.1 Å². The summed E-state index contributed by atoms with van der Waals surface area (Å²) in [5.74, 6) is 0.180. The van der Waals surface area contributed by atoms with Crippen molar-refractivity contribution in [1.29, 1.82) is 5.26 Å². The van der Waals surface area contributed by atoms with E-state index in [1.807, 2.05) is 17.0 Å². The Labute approximate surface area is 178 Å². The van der Waals surface area contributed by atoms with E-state index in [0.717, 1.165) is 18.8 Å². The molecule has 1 aliphatic rings. The molecule has 8 heteroatoms. The summed E-state index contributed by atoms with van der Waals surface area (Å²) in [7, 11) is 0. The number of hydrogen-bond acceptors (Lipinski definition) is 5. The van der Waals surface area contributed by atoms with Crippen molar-refractivity contribution in [2.24, 2.45) is 0 Å². The van der Waals surface area contributed by atoms with Crippen molar-refractivity contribution < 1.29 is 9.18 Å². The Morgan fingerprint density at radius 1 is 1.17 bits per heavy atom. The van der Waals surface area contributed by atoms with Crippen molar-refractivity contribution in [3.8, 4) is 6.07 Å². The predicted octanol–water partition coefficient (Wildman–Crippen LogP) is 3.58. The fourth-order valence-corrected chi connectivity index (χ4v) is 3.93. The summed E-state index contributed by atoms with van der Waals surface area (Å²) in [4.78, 5) is 24.0. The number of hydrogen-bond donors (Lipinski definition) is 1. The van der Waals surface area contributed by atoms with Crippen molar-refractivity contribution in [2.45, 2.75) is 12.8 Å². The lowest BCUT2D eigenvalue weighted by Crippen LogP contribution is -2.48. The Hall–Kier alpha value is -3.31. The molecule has 1 aromatic heterocycles. The highest BCUT2D eigenvalue weighted by molar-refractivity contribution is 7.71. The van der Waals surface area contributed by atoms with Crippen LogP contribution < -0.4 is 4.90 Å². The zero-order valence-electron chi connectivity index (χ0n) is 16.3. The quantitative estimate of drug-likeness (QED) is 0.652. The lowest BCUT2D eigenvalue weighted by molar-refractivity contribution is -0.131. The standard InChI is InChI=1S/C22H20FN5OS/c23-18-3-1-2-17-21(18)25-19(26-22(17)30)8-9-20(29)28-12-10-27(11-13-28)16-6-4-15(14-24)5-7-16/h1-7H,8-13H2,(H,25,26,30). The van der Waals surface area contributed by atoms with Gasteiger partial charge in [-0.05, 0) is 36.4 Å². The van der Waals surface area contributed by atoms with E-state index >= 15 is 0 Å². The maximum Gasteiger partial charge on any atom is 0.223 e. The van der Waals surface area contributed by atoms with Gasteiger partial charge in [-0.2, -0.15) is 5.26 Å². The number of piperazine rings is 1. The van der Waals surface area contributed by atoms with Crippen molar-refractivity contribution >= 4 is 34.7 Å². The number of aromatic amines is 1. The minimum Gasteiger partial charge on any atom is -0.368 e. The summed E-state index contributed by atoms with van der Waals surface area (Å²) in [6, 6.07) is 14.3. The summed E-state index contributed by atoms with van der Waals surface area (Å²) >= 11 is 5.26. The van der Waals surface area contributed by atoms with Crippen LogP contribution in [0.15, 0.2) is 42.5 Å². The third kappa shape index (κ3) is 4.16. The number of nitrogens with one attached hydrogen (secondary N) is 1. The summed E-state index contributed by atoms with van der Waals surface area (Å²) in [5, 5.41) is 9.48. The normalized spacial score (nSPS) is 14.0. The first kappa shape index (κ1) is 20.0. The second kappa shape index (κ2) is 8.59. The molecule has 0 saturated carbocycles. The van der Waals surface area contributed by atoms with Gasteiger partial charge in [0.25, 0.3) is 0 Å². The van der Waals surface area contributed by atoms with Crippen molar-refractivity contribution in [1.82, 2.24) is 14.9 Å². The van der Waals surface area contributed by atoms with Gasteiger partial charge in [0.05, 0.1) is 17.1 Å². The third-order valence-electron chi connectivity index (χ3n) is 5.32. The van der Waals surface area contributed by atoms with Gasteiger partial charge in [-0.1, -0.05) is 18.3 Å². The largest absolute Gasteiger partial charge is 0.368 e. The summed E-state index contributed by atoms with van der Waals surface area (Å²) in [5.41, 5.74) is 2.01. The average Bonchev–Trinajstić information content (AvgIpc) is 2.78. The van der Waals surface area contributed by atoms with Crippen LogP contribution in [0, 0.1) is 21.8 Å². The first-order chi connectivity index (χ1) is 14.5. The monoisotopic (exact) mass is 421 g/mol. The second-order valence-corrected chi connectivity index (χ2v) is 7.56. The van der Waals surface area contributed by atoms with Crippen molar-refractivity contribution in [3.05, 3.63) is 64.3 Å². The molecule has 1 amide bonds. The van der Waals surface area contributed by atoms with Gasteiger partial charge in [-0.3, -0.25) is 4.79 Å². The zero-order valence-corrected chi connectivity index (χ0v) is 17.1. The van der Waals surface area contributed by atoms with Crippen LogP contribution in [0.5, 0.6) is 0 Å². The summed E-state index contributed by atoms with van der Waals surface area (Å²) in [6.07, 6.45) is 0.664. The van der Waals surface area contributed by atoms with Gasteiger partial charge >= 0.3 is 0 Å². The lowest BCUT2D eigenvalue weighted by atomic mass is 10.2. The van der Waals surface area contributed by atoms with Crippen LogP contribution in [0.3, 0.4) is 0 Å². The fourth-order valence-electron chi connectivity index (χ4n) is 3.65. The SMILES string of the molecule is N#Cc1ccc(N2CCN(C(=O)CCc3nc(=S)c4cccc(F)c4[nH]3)CC2)cc1. The van der Waals surface area contributed by atoms with Crippen LogP contribution in [-0.4, -0.2) is 47.0 Å². The molecule has 0 aliphatic carbocycles. The number of amides is 1. The van der Waals surface area contributed by atoms with Crippen molar-refractivity contribution in [2.75, 3.05) is 31.1 Å². The van der Waals surface area contributed by atoms with Crippen LogP contribution >= 0.6 is 12.2 Å². The lowest BCUT2D eigenvalue weighted by Gasteiger charge is -2.36. The van der Waals surface area contributed by atoms with E-state index in [1.165, 1.54) is 6.07 Å². The molecule has 152 valence electrons. The molecule has 0 unspecified atom stereocenters. The molecular weight excluding hydrogens is 401 g/mol. The highest BCUT2D eigenvalue weighted by Crippen LogP contribution is 2.19. The molecule has 1 aliphatic heterocycles. The molecule has 6 nitrogen and oxygen atoms in total. The van der Waals surface area contributed by atoms with Crippen LogP contribution in [-0.2, 0) is 11.2 Å². The Bertz CT molecular complexity index is 1180. The minimum absolute atomic E-state index is 0.0456. The molecule has 3 aromatic rings. The van der Waals surface area contributed by atoms with E-state index in [1.54, 1.807) is 24.3 Å². The first-order valence-electron chi connectivity index (χ1n) is 9.75. The fraction of sp³-hybridized carbons (Fsp3) is 0.273. The van der Waals surface area contributed by atoms with E-state index in [2.05, 4.69) is 20.9 Å². The number of carbonyl (C=O) groups excluding carboxylic acids is 1. The van der Waals surface area contributed by atoms with Crippen LogP contribution in [0.2, 0.25) is 0 Å². The van der Waals surface area contributed by atoms with E-state index < -0.39 is 0 Å². The van der Waals surface area contributed by atoms with Gasteiger partial charge in [0.15, 0.2) is 0 Å². The molecule has 30 heavy (non-hydrogen) atoms. The summed E-state index contributed by atoms with van der Waals surface area (Å²) in [6.45, 7) is 2.74. The molecule has 0 bridgehead atoms. The first-order valence-corrected chi connectivity index (χ1v) is 10.2. The molecule has 0 spiro atoms. The van der Waals surface area contributed by atoms with E-state index in [9.17, 15) is 9.18 Å². The number of aromatic nitrogens is 2. The molecule has 0 radical (unpaired) electrons. The molecule has 2 heterocycles. The predicted molar refractivity (Wildman–Crippen MR) is 115 cm³/mol. The molecule has 1 N–H and O–H groups in total. The van der Waals surface area contributed by atoms with Gasteiger partial charge in [0.1, 0.15) is 16.3 Å². The second-order valence-electron chi connectivity index (χ2n) is 7.18. The Morgan fingerprint density at radius 3 is 2.60 bits per heavy atom. The van der Waals surface area contributed by atoms with Gasteiger partial charge in [0, 0.05) is 50.1 Å². The molecule has 1 fully saturated rings. The van der Waals surface area contributed by atoms with Gasteiger partial charge < -0.3 is 14.8 Å². The number of para-hydroxylation sites is 1. The highest BCUT2D eigenvalue weighted by Gasteiger charge is 2.21. The van der Waals surface area contributed by atoms with E-state index in [0.29, 0.717) is 46.4 Å². The Balaban J connectivity index is 1.35. The number of rotatable bonds is 4. The number of nitrogens with zero attached hydrogens (tertiary/aromatic N) is 4. The number of halogens is 1. The smallest absolute Gasteiger partial charge is 0.223 e. The third-order valence-corrected chi connectivity index (χ3v) is 5.63. The topological polar surface area (TPSA) is 76.0 Å². The van der Waals surface area contributed by atoms with Crippen LogP contribution in [0.1, 0.15) is 17.8 Å². The van der Waals surface area contributed by atoms with E-state index in [4.69, 9.17) is 17.5 Å². The Morgan fingerprint density at radius 2 is 1.90 bits per heavy atom. The van der Waals surface area contributed by atoms with Crippen LogP contribution in [0.4, 0.5) is 10.1 Å². The molecular formula is C22H20FN5OS. The molecule has 1 saturated heterocycles. The maximum atomic E-state index is 14.1. The summed E-state index contributed by atoms with van der Waals surface area (Å²) < 4.78 is 14.4. The van der Waals surface area contributed by atoms with Crippen LogP contribution in [0.25, 0.3) is 10.9 Å². The maximum absolute atomic E-state index is 14.1. The molecule has 2 aromatic carbocycles. The molecule has 4 rings (SSSR count). The number of benzene rings is 2. The molecule has 0 atom stereocenters. The number of H-pyrrole nitrogens is 1. The minimum atomic E-state index is -0.382. The number of nitriles is 1. The number of anilines is 1. The van der Waals surface area contributed by atoms with Gasteiger partial charge in [-0.15, -0.1) is 0 Å². The van der Waals surface area contributed by atoms with Crippen molar-refractivity contribution in [3.63, 3.8) is 0 Å².